The summed E-state index contributed by atoms with van der Waals surface area (Å²) in [6, 6.07) is 3.51. The van der Waals surface area contributed by atoms with Crippen molar-refractivity contribution in [3.8, 4) is 0 Å². The summed E-state index contributed by atoms with van der Waals surface area (Å²) in [6.45, 7) is 2.17. The summed E-state index contributed by atoms with van der Waals surface area (Å²) in [4.78, 5) is 21.8. The van der Waals surface area contributed by atoms with Crippen LogP contribution in [0, 0.1) is 17.0 Å². The Morgan fingerprint density at radius 2 is 2.40 bits per heavy atom. The minimum Gasteiger partial charge on any atom is -0.467 e. The van der Waals surface area contributed by atoms with Gasteiger partial charge < -0.3 is 9.73 Å². The van der Waals surface area contributed by atoms with Crippen LogP contribution in [0.2, 0.25) is 0 Å². The van der Waals surface area contributed by atoms with E-state index < -0.39 is 4.92 Å². The number of nitrogens with one attached hydrogen (secondary N) is 1. The molecule has 2 aromatic rings. The quantitative estimate of drug-likeness (QED) is 0.635. The average Bonchev–Trinajstić information content (AvgIpc) is 3.03. The zero-order valence-corrected chi connectivity index (χ0v) is 10.9. The second-order valence-electron chi connectivity index (χ2n) is 4.23. The van der Waals surface area contributed by atoms with Gasteiger partial charge in [-0.3, -0.25) is 19.6 Å². The molecule has 1 N–H and O–H groups in total. The fourth-order valence-electron chi connectivity index (χ4n) is 1.70. The molecule has 0 unspecified atom stereocenters. The van der Waals surface area contributed by atoms with E-state index in [1.165, 1.54) is 17.1 Å². The van der Waals surface area contributed by atoms with E-state index in [0.29, 0.717) is 24.5 Å². The van der Waals surface area contributed by atoms with Gasteiger partial charge >= 0.3 is 5.69 Å². The predicted octanol–water partition coefficient (Wildman–Crippen LogP) is 1.40. The van der Waals surface area contributed by atoms with Gasteiger partial charge in [0.1, 0.15) is 17.7 Å². The van der Waals surface area contributed by atoms with Gasteiger partial charge in [-0.05, 0) is 19.1 Å². The van der Waals surface area contributed by atoms with E-state index >= 15 is 0 Å². The minimum atomic E-state index is -0.490. The Balaban J connectivity index is 1.81. The third-order valence-electron chi connectivity index (χ3n) is 2.72. The molecule has 8 nitrogen and oxygen atoms in total. The molecular weight excluding hydrogens is 264 g/mol. The van der Waals surface area contributed by atoms with E-state index in [-0.39, 0.29) is 18.0 Å². The Bertz CT molecular complexity index is 603. The number of hydrogen-bond acceptors (Lipinski definition) is 5. The molecule has 0 radical (unpaired) electrons. The number of aryl methyl sites for hydroxylation is 2. The molecule has 0 aromatic carbocycles. The number of nitro groups is 1. The summed E-state index contributed by atoms with van der Waals surface area (Å²) in [5.41, 5.74) is 0.298. The third kappa shape index (κ3) is 3.44. The van der Waals surface area contributed by atoms with Crippen LogP contribution in [0.4, 0.5) is 5.69 Å². The van der Waals surface area contributed by atoms with Gasteiger partial charge in [0.05, 0.1) is 17.7 Å². The fourth-order valence-corrected chi connectivity index (χ4v) is 1.70. The number of furan rings is 1. The first kappa shape index (κ1) is 13.8. The number of nitrogens with zero attached hydrogens (tertiary/aromatic N) is 3. The highest BCUT2D eigenvalue weighted by Gasteiger charge is 2.15. The van der Waals surface area contributed by atoms with Crippen molar-refractivity contribution < 1.29 is 14.1 Å². The van der Waals surface area contributed by atoms with Crippen molar-refractivity contribution in [2.75, 3.05) is 0 Å². The van der Waals surface area contributed by atoms with Crippen molar-refractivity contribution in [2.45, 2.75) is 26.4 Å². The van der Waals surface area contributed by atoms with Crippen LogP contribution in [0.1, 0.15) is 17.9 Å². The summed E-state index contributed by atoms with van der Waals surface area (Å²) in [5.74, 6) is 0.501. The lowest BCUT2D eigenvalue weighted by Crippen LogP contribution is -2.23. The van der Waals surface area contributed by atoms with Crippen LogP contribution >= 0.6 is 0 Å². The number of rotatable bonds is 6. The van der Waals surface area contributed by atoms with E-state index in [4.69, 9.17) is 4.42 Å². The number of carbonyl (C=O) groups excluding carboxylic acids is 1. The molecule has 0 aliphatic rings. The van der Waals surface area contributed by atoms with Crippen molar-refractivity contribution >= 4 is 11.6 Å². The lowest BCUT2D eigenvalue weighted by molar-refractivity contribution is -0.385. The van der Waals surface area contributed by atoms with Gasteiger partial charge in [-0.15, -0.1) is 0 Å². The maximum absolute atomic E-state index is 11.6. The molecule has 20 heavy (non-hydrogen) atoms. The smallest absolute Gasteiger partial charge is 0.309 e. The highest BCUT2D eigenvalue weighted by Crippen LogP contribution is 2.15. The van der Waals surface area contributed by atoms with E-state index in [9.17, 15) is 14.9 Å². The van der Waals surface area contributed by atoms with E-state index in [2.05, 4.69) is 10.4 Å². The molecule has 8 heteroatoms. The molecule has 0 aliphatic carbocycles. The maximum atomic E-state index is 11.6. The van der Waals surface area contributed by atoms with Crippen molar-refractivity contribution in [1.82, 2.24) is 15.1 Å². The number of carbonyl (C=O) groups is 1. The largest absolute Gasteiger partial charge is 0.467 e. The summed E-state index contributed by atoms with van der Waals surface area (Å²) in [5, 5.41) is 17.4. The monoisotopic (exact) mass is 278 g/mol. The standard InChI is InChI=1S/C12H14N4O4/c1-9-11(16(18)19)8-15(14-9)5-4-12(17)13-7-10-3-2-6-20-10/h2-3,6,8H,4-5,7H2,1H3,(H,13,17). The third-order valence-corrected chi connectivity index (χ3v) is 2.72. The summed E-state index contributed by atoms with van der Waals surface area (Å²) in [7, 11) is 0. The first-order valence-corrected chi connectivity index (χ1v) is 6.04. The normalized spacial score (nSPS) is 10.4. The molecule has 0 saturated heterocycles. The molecule has 1 amide bonds. The molecule has 0 atom stereocenters. The number of hydrogen-bond donors (Lipinski definition) is 1. The topological polar surface area (TPSA) is 103 Å². The molecule has 0 aliphatic heterocycles. The Hall–Kier alpha value is -2.64. The van der Waals surface area contributed by atoms with Gasteiger partial charge in [-0.2, -0.15) is 5.10 Å². The molecular formula is C12H14N4O4. The Kier molecular flexibility index (Phi) is 4.14. The first-order valence-electron chi connectivity index (χ1n) is 6.04. The Morgan fingerprint density at radius 3 is 3.00 bits per heavy atom. The van der Waals surface area contributed by atoms with Gasteiger partial charge in [-0.1, -0.05) is 0 Å². The van der Waals surface area contributed by atoms with Crippen LogP contribution in [0.25, 0.3) is 0 Å². The maximum Gasteiger partial charge on any atom is 0.309 e. The first-order chi connectivity index (χ1) is 9.56. The SMILES string of the molecule is Cc1nn(CCC(=O)NCc2ccco2)cc1[N+](=O)[O-]. The van der Waals surface area contributed by atoms with Crippen LogP contribution in [0.15, 0.2) is 29.0 Å². The summed E-state index contributed by atoms with van der Waals surface area (Å²) >= 11 is 0. The van der Waals surface area contributed by atoms with Gasteiger partial charge in [0.2, 0.25) is 5.91 Å². The van der Waals surface area contributed by atoms with Crippen LogP contribution in [0.5, 0.6) is 0 Å². The van der Waals surface area contributed by atoms with Crippen LogP contribution in [-0.4, -0.2) is 20.6 Å². The zero-order chi connectivity index (χ0) is 14.5. The predicted molar refractivity (Wildman–Crippen MR) is 68.8 cm³/mol. The highest BCUT2D eigenvalue weighted by molar-refractivity contribution is 5.75. The van der Waals surface area contributed by atoms with Crippen molar-refractivity contribution in [3.63, 3.8) is 0 Å². The van der Waals surface area contributed by atoms with Crippen LogP contribution < -0.4 is 5.32 Å². The van der Waals surface area contributed by atoms with E-state index in [1.54, 1.807) is 19.1 Å². The lowest BCUT2D eigenvalue weighted by Gasteiger charge is -2.03. The lowest BCUT2D eigenvalue weighted by atomic mass is 10.3. The van der Waals surface area contributed by atoms with Crippen molar-refractivity contribution in [1.29, 1.82) is 0 Å². The summed E-state index contributed by atoms with van der Waals surface area (Å²) in [6.07, 6.45) is 3.06. The van der Waals surface area contributed by atoms with Gasteiger partial charge in [-0.25, -0.2) is 0 Å². The second-order valence-corrected chi connectivity index (χ2v) is 4.23. The molecule has 2 rings (SSSR count). The van der Waals surface area contributed by atoms with Crippen molar-refractivity contribution in [2.24, 2.45) is 0 Å². The molecule has 2 heterocycles. The van der Waals surface area contributed by atoms with Crippen LogP contribution in [0.3, 0.4) is 0 Å². The van der Waals surface area contributed by atoms with E-state index in [0.717, 1.165) is 0 Å². The highest BCUT2D eigenvalue weighted by atomic mass is 16.6. The van der Waals surface area contributed by atoms with Crippen molar-refractivity contribution in [3.05, 3.63) is 46.2 Å². The fraction of sp³-hybridized carbons (Fsp3) is 0.333. The Labute approximate surface area is 114 Å². The molecule has 2 aromatic heterocycles. The molecule has 106 valence electrons. The molecule has 0 spiro atoms. The molecule has 0 fully saturated rings. The molecule has 0 bridgehead atoms. The average molecular weight is 278 g/mol. The number of amides is 1. The molecule has 0 saturated carbocycles. The van der Waals surface area contributed by atoms with Gasteiger partial charge in [0.25, 0.3) is 0 Å². The van der Waals surface area contributed by atoms with Gasteiger partial charge in [0.15, 0.2) is 0 Å². The zero-order valence-electron chi connectivity index (χ0n) is 10.9. The van der Waals surface area contributed by atoms with Gasteiger partial charge in [0, 0.05) is 13.0 Å². The van der Waals surface area contributed by atoms with E-state index in [1.807, 2.05) is 0 Å². The van der Waals surface area contributed by atoms with Crippen LogP contribution in [-0.2, 0) is 17.9 Å². The minimum absolute atomic E-state index is 0.0407. The Morgan fingerprint density at radius 1 is 1.60 bits per heavy atom. The summed E-state index contributed by atoms with van der Waals surface area (Å²) < 4.78 is 6.49. The number of aromatic nitrogens is 2. The second kappa shape index (κ2) is 6.00.